The van der Waals surface area contributed by atoms with Crippen LogP contribution in [0.5, 0.6) is 5.75 Å². The van der Waals surface area contributed by atoms with Gasteiger partial charge in [0.1, 0.15) is 5.75 Å². The number of anilines is 1. The molecule has 0 aliphatic carbocycles. The average molecular weight is 343 g/mol. The van der Waals surface area contributed by atoms with Crippen molar-refractivity contribution >= 4 is 16.6 Å². The predicted octanol–water partition coefficient (Wildman–Crippen LogP) is 4.71. The van der Waals surface area contributed by atoms with Gasteiger partial charge in [0.2, 0.25) is 0 Å². The summed E-state index contributed by atoms with van der Waals surface area (Å²) in [6.45, 7) is 1.60. The van der Waals surface area contributed by atoms with Crippen LogP contribution in [0.3, 0.4) is 0 Å². The molecule has 2 aromatic heterocycles. The maximum atomic E-state index is 5.25. The number of para-hydroxylation sites is 1. The van der Waals surface area contributed by atoms with Gasteiger partial charge in [-0.25, -0.2) is 0 Å². The predicted molar refractivity (Wildman–Crippen MR) is 106 cm³/mol. The fourth-order valence-corrected chi connectivity index (χ4v) is 3.19. The quantitative estimate of drug-likeness (QED) is 0.551. The molecule has 0 aliphatic rings. The molecular formula is C22H21N3O. The van der Waals surface area contributed by atoms with Crippen LogP contribution in [0.2, 0.25) is 0 Å². The lowest BCUT2D eigenvalue weighted by Gasteiger charge is -2.07. The van der Waals surface area contributed by atoms with Gasteiger partial charge >= 0.3 is 0 Å². The molecule has 0 saturated carbocycles. The molecule has 0 amide bonds. The lowest BCUT2D eigenvalue weighted by molar-refractivity contribution is 0.414. The van der Waals surface area contributed by atoms with Crippen LogP contribution in [0.4, 0.5) is 5.69 Å². The minimum Gasteiger partial charge on any atom is -0.497 e. The van der Waals surface area contributed by atoms with Crippen molar-refractivity contribution in [1.82, 2.24) is 9.55 Å². The van der Waals surface area contributed by atoms with Crippen molar-refractivity contribution in [1.29, 1.82) is 0 Å². The number of benzene rings is 2. The van der Waals surface area contributed by atoms with Crippen LogP contribution in [0.25, 0.3) is 10.9 Å². The second kappa shape index (κ2) is 7.31. The van der Waals surface area contributed by atoms with E-state index in [-0.39, 0.29) is 0 Å². The summed E-state index contributed by atoms with van der Waals surface area (Å²) in [5.41, 5.74) is 4.79. The highest BCUT2D eigenvalue weighted by atomic mass is 16.5. The molecule has 0 atom stereocenters. The van der Waals surface area contributed by atoms with E-state index in [1.165, 1.54) is 22.0 Å². The Bertz CT molecular complexity index is 991. The molecule has 2 aromatic carbocycles. The first-order chi connectivity index (χ1) is 12.8. The fraction of sp³-hybridized carbons (Fsp3) is 0.136. The molecule has 26 heavy (non-hydrogen) atoms. The van der Waals surface area contributed by atoms with Gasteiger partial charge in [0.05, 0.1) is 12.8 Å². The van der Waals surface area contributed by atoms with Crippen molar-refractivity contribution < 1.29 is 4.74 Å². The second-order valence-electron chi connectivity index (χ2n) is 6.24. The van der Waals surface area contributed by atoms with Gasteiger partial charge in [-0.1, -0.05) is 30.3 Å². The molecule has 0 radical (unpaired) electrons. The van der Waals surface area contributed by atoms with Crippen LogP contribution >= 0.6 is 0 Å². The third-order valence-electron chi connectivity index (χ3n) is 4.53. The molecule has 4 rings (SSSR count). The zero-order valence-electron chi connectivity index (χ0n) is 14.7. The summed E-state index contributed by atoms with van der Waals surface area (Å²) >= 11 is 0. The number of methoxy groups -OCH3 is 1. The van der Waals surface area contributed by atoms with Crippen LogP contribution in [-0.2, 0) is 13.1 Å². The molecular weight excluding hydrogens is 322 g/mol. The minimum atomic E-state index is 0.766. The third kappa shape index (κ3) is 3.40. The number of hydrogen-bond acceptors (Lipinski definition) is 3. The largest absolute Gasteiger partial charge is 0.497 e. The lowest BCUT2D eigenvalue weighted by atomic mass is 10.2. The number of ether oxygens (including phenoxy) is 1. The smallest absolute Gasteiger partial charge is 0.118 e. The molecule has 4 nitrogen and oxygen atoms in total. The van der Waals surface area contributed by atoms with Crippen LogP contribution in [0, 0.1) is 0 Å². The molecule has 1 N–H and O–H groups in total. The Morgan fingerprint density at radius 3 is 2.62 bits per heavy atom. The normalized spacial score (nSPS) is 10.8. The summed E-state index contributed by atoms with van der Waals surface area (Å²) in [7, 11) is 1.69. The fourth-order valence-electron chi connectivity index (χ4n) is 3.19. The van der Waals surface area contributed by atoms with Crippen LogP contribution in [0.1, 0.15) is 11.1 Å². The van der Waals surface area contributed by atoms with Gasteiger partial charge in [-0.2, -0.15) is 0 Å². The van der Waals surface area contributed by atoms with Crippen molar-refractivity contribution in [2.45, 2.75) is 13.1 Å². The van der Waals surface area contributed by atoms with E-state index in [1.807, 2.05) is 30.5 Å². The van der Waals surface area contributed by atoms with Crippen LogP contribution in [0.15, 0.2) is 79.3 Å². The van der Waals surface area contributed by atoms with E-state index >= 15 is 0 Å². The Labute approximate surface area is 153 Å². The second-order valence-corrected chi connectivity index (χ2v) is 6.24. The van der Waals surface area contributed by atoms with Gasteiger partial charge in [-0.05, 0) is 41.5 Å². The summed E-state index contributed by atoms with van der Waals surface area (Å²) in [6, 6.07) is 20.7. The van der Waals surface area contributed by atoms with Crippen molar-refractivity contribution in [3.8, 4) is 5.75 Å². The maximum absolute atomic E-state index is 5.25. The van der Waals surface area contributed by atoms with Gasteiger partial charge in [0, 0.05) is 42.6 Å². The molecule has 0 saturated heterocycles. The van der Waals surface area contributed by atoms with Gasteiger partial charge in [0.15, 0.2) is 0 Å². The Morgan fingerprint density at radius 1 is 1.00 bits per heavy atom. The van der Waals surface area contributed by atoms with Gasteiger partial charge < -0.3 is 14.6 Å². The van der Waals surface area contributed by atoms with E-state index in [9.17, 15) is 0 Å². The van der Waals surface area contributed by atoms with E-state index in [2.05, 4.69) is 57.5 Å². The van der Waals surface area contributed by atoms with Crippen LogP contribution in [-0.4, -0.2) is 16.7 Å². The minimum absolute atomic E-state index is 0.766. The highest BCUT2D eigenvalue weighted by Gasteiger charge is 2.08. The number of fused-ring (bicyclic) bond motifs is 1. The number of pyridine rings is 1. The first kappa shape index (κ1) is 16.2. The molecule has 0 fully saturated rings. The number of rotatable bonds is 6. The van der Waals surface area contributed by atoms with Gasteiger partial charge in [0.25, 0.3) is 0 Å². The molecule has 130 valence electrons. The lowest BCUT2D eigenvalue weighted by Crippen LogP contribution is -2.00. The average Bonchev–Trinajstić information content (AvgIpc) is 3.05. The van der Waals surface area contributed by atoms with Crippen molar-refractivity contribution in [2.24, 2.45) is 0 Å². The summed E-state index contributed by atoms with van der Waals surface area (Å²) in [5, 5.41) is 4.73. The van der Waals surface area contributed by atoms with Gasteiger partial charge in [-0.15, -0.1) is 0 Å². The zero-order chi connectivity index (χ0) is 17.8. The highest BCUT2D eigenvalue weighted by molar-refractivity contribution is 5.84. The molecule has 0 spiro atoms. The zero-order valence-corrected chi connectivity index (χ0v) is 14.7. The van der Waals surface area contributed by atoms with Crippen molar-refractivity contribution in [2.75, 3.05) is 12.4 Å². The van der Waals surface area contributed by atoms with E-state index in [0.717, 1.165) is 24.5 Å². The Kier molecular flexibility index (Phi) is 4.56. The number of hydrogen-bond donors (Lipinski definition) is 1. The first-order valence-corrected chi connectivity index (χ1v) is 8.67. The Hall–Kier alpha value is -3.27. The summed E-state index contributed by atoms with van der Waals surface area (Å²) in [4.78, 5) is 4.16. The number of nitrogens with one attached hydrogen (secondary N) is 1. The van der Waals surface area contributed by atoms with Crippen LogP contribution < -0.4 is 10.1 Å². The van der Waals surface area contributed by atoms with Crippen molar-refractivity contribution in [3.63, 3.8) is 0 Å². The molecule has 0 aliphatic heterocycles. The van der Waals surface area contributed by atoms with E-state index in [4.69, 9.17) is 4.74 Å². The third-order valence-corrected chi connectivity index (χ3v) is 4.53. The standard InChI is InChI=1S/C22H21N3O/c1-26-20-10-8-17(9-11-20)15-25-16-18(21-6-2-3-7-22(21)25)13-24-19-5-4-12-23-14-19/h2-12,14,16,24H,13,15H2,1H3. The molecule has 0 unspecified atom stereocenters. The van der Waals surface area contributed by atoms with Gasteiger partial charge in [-0.3, -0.25) is 4.98 Å². The van der Waals surface area contributed by atoms with E-state index < -0.39 is 0 Å². The summed E-state index contributed by atoms with van der Waals surface area (Å²) in [6.07, 6.45) is 5.86. The number of nitrogens with zero attached hydrogens (tertiary/aromatic N) is 2. The highest BCUT2D eigenvalue weighted by Crippen LogP contribution is 2.24. The van der Waals surface area contributed by atoms with E-state index in [1.54, 1.807) is 13.3 Å². The molecule has 4 heteroatoms. The summed E-state index contributed by atoms with van der Waals surface area (Å²) in [5.74, 6) is 0.882. The molecule has 0 bridgehead atoms. The van der Waals surface area contributed by atoms with E-state index in [0.29, 0.717) is 0 Å². The number of aromatic nitrogens is 2. The Morgan fingerprint density at radius 2 is 1.85 bits per heavy atom. The topological polar surface area (TPSA) is 39.1 Å². The monoisotopic (exact) mass is 343 g/mol. The molecule has 4 aromatic rings. The SMILES string of the molecule is COc1ccc(Cn2cc(CNc3cccnc3)c3ccccc32)cc1. The summed E-state index contributed by atoms with van der Waals surface area (Å²) < 4.78 is 7.55. The maximum Gasteiger partial charge on any atom is 0.118 e. The Balaban J connectivity index is 1.60. The van der Waals surface area contributed by atoms with Crippen molar-refractivity contribution in [3.05, 3.63) is 90.4 Å². The molecule has 2 heterocycles. The first-order valence-electron chi connectivity index (χ1n) is 8.67.